The fraction of sp³-hybridized carbons (Fsp3) is 0.364. The molecule has 1 atom stereocenters. The van der Waals surface area contributed by atoms with E-state index >= 15 is 0 Å². The van der Waals surface area contributed by atoms with Gasteiger partial charge in [0.15, 0.2) is 5.16 Å². The molecule has 0 bridgehead atoms. The number of amides is 2. The van der Waals surface area contributed by atoms with E-state index in [0.717, 1.165) is 35.9 Å². The number of anilines is 2. The molecular weight excluding hydrogens is 430 g/mol. The van der Waals surface area contributed by atoms with Gasteiger partial charge in [0.2, 0.25) is 11.8 Å². The number of carbonyl (C=O) groups is 2. The lowest BCUT2D eigenvalue weighted by Crippen LogP contribution is -2.40. The number of thiophene rings is 1. The van der Waals surface area contributed by atoms with E-state index in [4.69, 9.17) is 0 Å². The van der Waals surface area contributed by atoms with E-state index in [1.807, 2.05) is 37.3 Å². The monoisotopic (exact) mass is 453 g/mol. The summed E-state index contributed by atoms with van der Waals surface area (Å²) in [5.41, 5.74) is 1.42. The van der Waals surface area contributed by atoms with Crippen LogP contribution in [0.4, 0.5) is 11.4 Å². The van der Waals surface area contributed by atoms with Crippen molar-refractivity contribution in [3.05, 3.63) is 52.5 Å². The second kappa shape index (κ2) is 8.47. The van der Waals surface area contributed by atoms with E-state index in [1.54, 1.807) is 16.2 Å². The Labute approximate surface area is 188 Å². The Kier molecular flexibility index (Phi) is 5.54. The highest BCUT2D eigenvalue weighted by Crippen LogP contribution is 2.39. The second-order valence-corrected chi connectivity index (χ2v) is 9.90. The van der Waals surface area contributed by atoms with E-state index in [-0.39, 0.29) is 30.0 Å². The van der Waals surface area contributed by atoms with Crippen molar-refractivity contribution in [1.29, 1.82) is 0 Å². The summed E-state index contributed by atoms with van der Waals surface area (Å²) in [5.74, 6) is 1.10. The van der Waals surface area contributed by atoms with E-state index < -0.39 is 0 Å². The lowest BCUT2D eigenvalue weighted by atomic mass is 10.2. The van der Waals surface area contributed by atoms with Gasteiger partial charge < -0.3 is 14.8 Å². The number of hydrogen-bond donors (Lipinski definition) is 1. The molecule has 9 heteroatoms. The normalized spacial score (nSPS) is 18.4. The number of nitrogens with one attached hydrogen (secondary N) is 1. The predicted molar refractivity (Wildman–Crippen MR) is 123 cm³/mol. The molecule has 31 heavy (non-hydrogen) atoms. The molecular formula is C22H23N5O2S2. The van der Waals surface area contributed by atoms with Gasteiger partial charge in [0.05, 0.1) is 17.1 Å². The number of carbonyl (C=O) groups excluding carboxylic acids is 2. The van der Waals surface area contributed by atoms with Gasteiger partial charge in [-0.25, -0.2) is 0 Å². The van der Waals surface area contributed by atoms with Crippen molar-refractivity contribution in [2.75, 3.05) is 16.0 Å². The molecule has 1 fully saturated rings. The smallest absolute Gasteiger partial charge is 0.237 e. The minimum atomic E-state index is -0.215. The third-order valence-electron chi connectivity index (χ3n) is 5.51. The molecule has 1 aromatic carbocycles. The van der Waals surface area contributed by atoms with Crippen molar-refractivity contribution in [3.63, 3.8) is 0 Å². The second-order valence-electron chi connectivity index (χ2n) is 7.93. The first kappa shape index (κ1) is 20.3. The van der Waals surface area contributed by atoms with Gasteiger partial charge in [-0.2, -0.15) is 0 Å². The number of thioether (sulfide) groups is 1. The first-order chi connectivity index (χ1) is 15.1. The summed E-state index contributed by atoms with van der Waals surface area (Å²) in [4.78, 5) is 28.5. The maximum atomic E-state index is 13.3. The van der Waals surface area contributed by atoms with E-state index in [9.17, 15) is 9.59 Å². The maximum Gasteiger partial charge on any atom is 0.237 e. The highest BCUT2D eigenvalue weighted by Gasteiger charge is 2.32. The van der Waals surface area contributed by atoms with Crippen LogP contribution < -0.4 is 10.2 Å². The summed E-state index contributed by atoms with van der Waals surface area (Å²) in [7, 11) is 0. The molecule has 0 spiro atoms. The van der Waals surface area contributed by atoms with E-state index in [0.29, 0.717) is 11.7 Å². The molecule has 2 aliphatic rings. The minimum absolute atomic E-state index is 0.0356. The third-order valence-corrected chi connectivity index (χ3v) is 7.32. The molecule has 0 radical (unpaired) electrons. The molecule has 3 aromatic rings. The molecule has 2 amide bonds. The Balaban J connectivity index is 1.35. The van der Waals surface area contributed by atoms with Gasteiger partial charge >= 0.3 is 0 Å². The zero-order valence-corrected chi connectivity index (χ0v) is 18.8. The van der Waals surface area contributed by atoms with Crippen LogP contribution in [0.2, 0.25) is 0 Å². The van der Waals surface area contributed by atoms with Crippen molar-refractivity contribution >= 4 is 46.3 Å². The van der Waals surface area contributed by atoms with Crippen LogP contribution in [0.5, 0.6) is 0 Å². The van der Waals surface area contributed by atoms with Crippen LogP contribution in [-0.2, 0) is 16.0 Å². The van der Waals surface area contributed by atoms with Gasteiger partial charge in [-0.1, -0.05) is 30.0 Å². The number of nitrogens with zero attached hydrogens (tertiary/aromatic N) is 4. The Morgan fingerprint density at radius 1 is 1.23 bits per heavy atom. The number of benzene rings is 1. The van der Waals surface area contributed by atoms with Crippen molar-refractivity contribution in [1.82, 2.24) is 14.8 Å². The molecule has 1 N–H and O–H groups in total. The van der Waals surface area contributed by atoms with Crippen molar-refractivity contribution in [3.8, 4) is 0 Å². The molecule has 3 heterocycles. The molecule has 1 aliphatic heterocycles. The fourth-order valence-electron chi connectivity index (χ4n) is 3.96. The van der Waals surface area contributed by atoms with Crippen LogP contribution in [0.15, 0.2) is 46.9 Å². The van der Waals surface area contributed by atoms with Crippen LogP contribution in [-0.4, -0.2) is 38.4 Å². The summed E-state index contributed by atoms with van der Waals surface area (Å²) in [5, 5.41) is 14.6. The van der Waals surface area contributed by atoms with Crippen LogP contribution in [0.3, 0.4) is 0 Å². The zero-order valence-electron chi connectivity index (χ0n) is 17.2. The molecule has 7 nitrogen and oxygen atoms in total. The molecule has 160 valence electrons. The summed E-state index contributed by atoms with van der Waals surface area (Å²) in [6, 6.07) is 11.8. The van der Waals surface area contributed by atoms with E-state index in [2.05, 4.69) is 31.5 Å². The standard InChI is InChI=1S/C22H23N5O2S2/c1-14-11-20(28)23-17-6-2-3-7-18(17)26(14)21(29)13-31-22-25-24-19(27(22)15-8-9-15)12-16-5-4-10-30-16/h2-7,10,14-15H,8-9,11-13H2,1H3,(H,23,28)/t14-/m1/s1. The lowest BCUT2D eigenvalue weighted by Gasteiger charge is -2.27. The summed E-state index contributed by atoms with van der Waals surface area (Å²) in [6.07, 6.45) is 3.29. The highest BCUT2D eigenvalue weighted by molar-refractivity contribution is 7.99. The number of hydrogen-bond acceptors (Lipinski definition) is 6. The lowest BCUT2D eigenvalue weighted by molar-refractivity contribution is -0.117. The number of fused-ring (bicyclic) bond motifs is 1. The molecule has 2 aromatic heterocycles. The predicted octanol–water partition coefficient (Wildman–Crippen LogP) is 4.12. The number of para-hydroxylation sites is 2. The summed E-state index contributed by atoms with van der Waals surface area (Å²) in [6.45, 7) is 1.91. The Morgan fingerprint density at radius 2 is 2.06 bits per heavy atom. The average molecular weight is 454 g/mol. The first-order valence-electron chi connectivity index (χ1n) is 10.4. The minimum Gasteiger partial charge on any atom is -0.324 e. The Hall–Kier alpha value is -2.65. The van der Waals surface area contributed by atoms with Crippen molar-refractivity contribution in [2.24, 2.45) is 0 Å². The van der Waals surface area contributed by atoms with Gasteiger partial charge in [-0.3, -0.25) is 9.59 Å². The zero-order chi connectivity index (χ0) is 21.4. The average Bonchev–Trinajstić information content (AvgIpc) is 3.33. The SMILES string of the molecule is C[C@@H]1CC(=O)Nc2ccccc2N1C(=O)CSc1nnc(Cc2cccs2)n1C1CC1. The van der Waals surface area contributed by atoms with Gasteiger partial charge in [-0.05, 0) is 43.3 Å². The van der Waals surface area contributed by atoms with Crippen LogP contribution in [0.25, 0.3) is 0 Å². The van der Waals surface area contributed by atoms with Crippen LogP contribution in [0, 0.1) is 0 Å². The summed E-state index contributed by atoms with van der Waals surface area (Å²) < 4.78 is 2.21. The van der Waals surface area contributed by atoms with Gasteiger partial charge in [-0.15, -0.1) is 21.5 Å². The highest BCUT2D eigenvalue weighted by atomic mass is 32.2. The van der Waals surface area contributed by atoms with E-state index in [1.165, 1.54) is 16.6 Å². The molecule has 1 aliphatic carbocycles. The topological polar surface area (TPSA) is 80.1 Å². The molecule has 0 unspecified atom stereocenters. The quantitative estimate of drug-likeness (QED) is 0.568. The van der Waals surface area contributed by atoms with Gasteiger partial charge in [0, 0.05) is 29.8 Å². The molecule has 0 saturated heterocycles. The van der Waals surface area contributed by atoms with Gasteiger partial charge in [0.1, 0.15) is 5.82 Å². The third kappa shape index (κ3) is 4.24. The Morgan fingerprint density at radius 3 is 2.84 bits per heavy atom. The van der Waals surface area contributed by atoms with Crippen molar-refractivity contribution < 1.29 is 9.59 Å². The Bertz CT molecular complexity index is 1110. The van der Waals surface area contributed by atoms with Crippen molar-refractivity contribution in [2.45, 2.75) is 49.8 Å². The summed E-state index contributed by atoms with van der Waals surface area (Å²) >= 11 is 3.15. The first-order valence-corrected chi connectivity index (χ1v) is 12.3. The van der Waals surface area contributed by atoms with Crippen LogP contribution >= 0.6 is 23.1 Å². The number of rotatable bonds is 6. The maximum absolute atomic E-state index is 13.3. The fourth-order valence-corrected chi connectivity index (χ4v) is 5.54. The molecule has 1 saturated carbocycles. The largest absolute Gasteiger partial charge is 0.324 e. The van der Waals surface area contributed by atoms with Crippen LogP contribution in [0.1, 0.15) is 42.9 Å². The molecule has 5 rings (SSSR count). The van der Waals surface area contributed by atoms with Gasteiger partial charge in [0.25, 0.3) is 0 Å². The number of aromatic nitrogens is 3.